The molecule has 4 heteroatoms. The van der Waals surface area contributed by atoms with Crippen LogP contribution in [0.2, 0.25) is 0 Å². The first-order valence-electron chi connectivity index (χ1n) is 7.06. The van der Waals surface area contributed by atoms with Crippen LogP contribution in [0.5, 0.6) is 0 Å². The van der Waals surface area contributed by atoms with E-state index in [1.54, 1.807) is 12.1 Å². The molecule has 0 saturated carbocycles. The van der Waals surface area contributed by atoms with Crippen molar-refractivity contribution in [2.24, 2.45) is 5.92 Å². The van der Waals surface area contributed by atoms with Gasteiger partial charge in [0.2, 0.25) is 0 Å². The molecule has 0 aromatic heterocycles. The third kappa shape index (κ3) is 3.21. The summed E-state index contributed by atoms with van der Waals surface area (Å²) in [7, 11) is 0. The summed E-state index contributed by atoms with van der Waals surface area (Å²) >= 11 is 0. The zero-order valence-corrected chi connectivity index (χ0v) is 12.2. The molecule has 0 radical (unpaired) electrons. The van der Waals surface area contributed by atoms with E-state index in [4.69, 9.17) is 0 Å². The van der Waals surface area contributed by atoms with E-state index in [0.717, 1.165) is 10.8 Å². The van der Waals surface area contributed by atoms with Gasteiger partial charge in [0, 0.05) is 5.56 Å². The highest BCUT2D eigenvalue weighted by Gasteiger charge is 2.26. The monoisotopic (exact) mass is 285 g/mol. The van der Waals surface area contributed by atoms with Crippen LogP contribution in [0.1, 0.15) is 30.6 Å². The Morgan fingerprint density at radius 2 is 1.81 bits per heavy atom. The van der Waals surface area contributed by atoms with Gasteiger partial charge in [-0.2, -0.15) is 0 Å². The highest BCUT2D eigenvalue weighted by atomic mass is 16.4. The minimum atomic E-state index is -1.00. The van der Waals surface area contributed by atoms with Crippen molar-refractivity contribution in [3.63, 3.8) is 0 Å². The zero-order valence-electron chi connectivity index (χ0n) is 12.2. The molecule has 0 aliphatic heterocycles. The van der Waals surface area contributed by atoms with E-state index in [9.17, 15) is 14.7 Å². The standard InChI is InChI=1S/C17H19NO3/c1-3-11(2)15(17(20)21)18-16(19)14-10-6-8-12-7-4-5-9-13(12)14/h4-11,15H,3H2,1-2H3,(H,18,19)(H,20,21)/t11-,15+/m1/s1. The highest BCUT2D eigenvalue weighted by molar-refractivity contribution is 6.07. The number of aliphatic carboxylic acids is 1. The summed E-state index contributed by atoms with van der Waals surface area (Å²) in [5, 5.41) is 13.7. The van der Waals surface area contributed by atoms with Crippen molar-refractivity contribution < 1.29 is 14.7 Å². The zero-order chi connectivity index (χ0) is 15.4. The van der Waals surface area contributed by atoms with Crippen LogP contribution in [0, 0.1) is 5.92 Å². The van der Waals surface area contributed by atoms with Crippen molar-refractivity contribution in [2.45, 2.75) is 26.3 Å². The van der Waals surface area contributed by atoms with Crippen LogP contribution >= 0.6 is 0 Å². The lowest BCUT2D eigenvalue weighted by molar-refractivity contribution is -0.140. The summed E-state index contributed by atoms with van der Waals surface area (Å²) in [6.07, 6.45) is 0.687. The summed E-state index contributed by atoms with van der Waals surface area (Å²) in [6, 6.07) is 12.1. The molecule has 2 aromatic carbocycles. The second-order valence-electron chi connectivity index (χ2n) is 5.20. The van der Waals surface area contributed by atoms with Crippen LogP contribution in [0.3, 0.4) is 0 Å². The Labute approximate surface area is 123 Å². The van der Waals surface area contributed by atoms with Crippen molar-refractivity contribution in [2.75, 3.05) is 0 Å². The van der Waals surface area contributed by atoms with E-state index in [1.807, 2.05) is 44.2 Å². The van der Waals surface area contributed by atoms with E-state index in [0.29, 0.717) is 12.0 Å². The number of rotatable bonds is 5. The van der Waals surface area contributed by atoms with Crippen molar-refractivity contribution in [1.29, 1.82) is 0 Å². The Morgan fingerprint density at radius 3 is 2.48 bits per heavy atom. The SMILES string of the molecule is CC[C@@H](C)[C@H](NC(=O)c1cccc2ccccc12)C(=O)O. The minimum Gasteiger partial charge on any atom is -0.480 e. The second-order valence-corrected chi connectivity index (χ2v) is 5.20. The van der Waals surface area contributed by atoms with Crippen molar-refractivity contribution in [3.05, 3.63) is 48.0 Å². The van der Waals surface area contributed by atoms with Gasteiger partial charge in [-0.3, -0.25) is 4.79 Å². The normalized spacial score (nSPS) is 13.6. The number of nitrogens with one attached hydrogen (secondary N) is 1. The van der Waals surface area contributed by atoms with Gasteiger partial charge in [0.25, 0.3) is 5.91 Å². The van der Waals surface area contributed by atoms with Gasteiger partial charge in [0.05, 0.1) is 0 Å². The Kier molecular flexibility index (Phi) is 4.58. The Morgan fingerprint density at radius 1 is 1.14 bits per heavy atom. The molecule has 1 amide bonds. The molecule has 2 rings (SSSR count). The number of amides is 1. The molecule has 2 atom stereocenters. The van der Waals surface area contributed by atoms with Crippen molar-refractivity contribution in [3.8, 4) is 0 Å². The molecule has 0 heterocycles. The molecular formula is C17H19NO3. The smallest absolute Gasteiger partial charge is 0.326 e. The second kappa shape index (κ2) is 6.39. The maximum Gasteiger partial charge on any atom is 0.326 e. The fourth-order valence-corrected chi connectivity index (χ4v) is 2.33. The Balaban J connectivity index is 2.32. The van der Waals surface area contributed by atoms with Crippen LogP contribution in [0.15, 0.2) is 42.5 Å². The molecule has 0 aliphatic carbocycles. The Hall–Kier alpha value is -2.36. The predicted molar refractivity (Wildman–Crippen MR) is 82.3 cm³/mol. The minimum absolute atomic E-state index is 0.124. The first-order valence-corrected chi connectivity index (χ1v) is 7.06. The molecule has 2 N–H and O–H groups in total. The molecule has 2 aromatic rings. The van der Waals surface area contributed by atoms with Gasteiger partial charge >= 0.3 is 5.97 Å². The van der Waals surface area contributed by atoms with Gasteiger partial charge in [0.1, 0.15) is 6.04 Å². The number of benzene rings is 2. The lowest BCUT2D eigenvalue weighted by Crippen LogP contribution is -2.45. The maximum absolute atomic E-state index is 12.4. The molecule has 0 bridgehead atoms. The highest BCUT2D eigenvalue weighted by Crippen LogP contribution is 2.19. The molecule has 0 aliphatic rings. The van der Waals surface area contributed by atoms with E-state index < -0.39 is 12.0 Å². The molecule has 0 saturated heterocycles. The summed E-state index contributed by atoms with van der Waals surface area (Å²) in [5.41, 5.74) is 0.502. The molecule has 0 fully saturated rings. The van der Waals surface area contributed by atoms with Gasteiger partial charge in [-0.15, -0.1) is 0 Å². The average Bonchev–Trinajstić information content (AvgIpc) is 2.50. The van der Waals surface area contributed by atoms with Crippen molar-refractivity contribution >= 4 is 22.6 Å². The number of carboxylic acids is 1. The largest absolute Gasteiger partial charge is 0.480 e. The van der Waals surface area contributed by atoms with Crippen molar-refractivity contribution in [1.82, 2.24) is 5.32 Å². The first kappa shape index (κ1) is 15.0. The number of fused-ring (bicyclic) bond motifs is 1. The van der Waals surface area contributed by atoms with Crippen LogP contribution in [0.25, 0.3) is 10.8 Å². The fraction of sp³-hybridized carbons (Fsp3) is 0.294. The first-order chi connectivity index (χ1) is 10.0. The number of hydrogen-bond donors (Lipinski definition) is 2. The maximum atomic E-state index is 12.4. The number of carboxylic acid groups (broad SMARTS) is 1. The van der Waals surface area contributed by atoms with Crippen LogP contribution in [0.4, 0.5) is 0 Å². The number of carbonyl (C=O) groups excluding carboxylic acids is 1. The molecular weight excluding hydrogens is 266 g/mol. The topological polar surface area (TPSA) is 66.4 Å². The van der Waals surface area contributed by atoms with Gasteiger partial charge in [-0.25, -0.2) is 4.79 Å². The lowest BCUT2D eigenvalue weighted by atomic mass is 9.98. The van der Waals surface area contributed by atoms with E-state index in [-0.39, 0.29) is 11.8 Å². The fourth-order valence-electron chi connectivity index (χ4n) is 2.33. The van der Waals surface area contributed by atoms with Gasteiger partial charge in [-0.05, 0) is 22.8 Å². The summed E-state index contributed by atoms with van der Waals surface area (Å²) in [6.45, 7) is 3.73. The summed E-state index contributed by atoms with van der Waals surface area (Å²) in [5.74, 6) is -1.47. The third-order valence-electron chi connectivity index (χ3n) is 3.80. The molecule has 21 heavy (non-hydrogen) atoms. The molecule has 0 spiro atoms. The lowest BCUT2D eigenvalue weighted by Gasteiger charge is -2.20. The number of hydrogen-bond acceptors (Lipinski definition) is 2. The van der Waals surface area contributed by atoms with E-state index in [1.165, 1.54) is 0 Å². The van der Waals surface area contributed by atoms with Crippen LogP contribution in [-0.2, 0) is 4.79 Å². The van der Waals surface area contributed by atoms with E-state index in [2.05, 4.69) is 5.32 Å². The summed E-state index contributed by atoms with van der Waals surface area (Å²) in [4.78, 5) is 23.7. The van der Waals surface area contributed by atoms with Crippen LogP contribution < -0.4 is 5.32 Å². The Bertz CT molecular complexity index is 661. The number of carbonyl (C=O) groups is 2. The van der Waals surface area contributed by atoms with Gasteiger partial charge < -0.3 is 10.4 Å². The molecule has 4 nitrogen and oxygen atoms in total. The molecule has 0 unspecified atom stereocenters. The average molecular weight is 285 g/mol. The van der Waals surface area contributed by atoms with Gasteiger partial charge in [0.15, 0.2) is 0 Å². The quantitative estimate of drug-likeness (QED) is 0.887. The van der Waals surface area contributed by atoms with Gasteiger partial charge in [-0.1, -0.05) is 56.7 Å². The third-order valence-corrected chi connectivity index (χ3v) is 3.80. The summed E-state index contributed by atoms with van der Waals surface area (Å²) < 4.78 is 0. The molecule has 110 valence electrons. The van der Waals surface area contributed by atoms with Crippen LogP contribution in [-0.4, -0.2) is 23.0 Å². The predicted octanol–water partition coefficient (Wildman–Crippen LogP) is 3.07. The van der Waals surface area contributed by atoms with E-state index >= 15 is 0 Å².